The Morgan fingerprint density at radius 2 is 1.97 bits per heavy atom. The highest BCUT2D eigenvalue weighted by atomic mass is 16.5. The Hall–Kier alpha value is -1.63. The summed E-state index contributed by atoms with van der Waals surface area (Å²) in [4.78, 5) is 15.2. The molecule has 2 amide bonds. The number of hydrogen-bond donors (Lipinski definition) is 2. The molecule has 1 aromatic carbocycles. The zero-order valence-electron chi connectivity index (χ0n) is 20.8. The molecule has 186 valence electrons. The van der Waals surface area contributed by atoms with Gasteiger partial charge in [-0.1, -0.05) is 68.9 Å². The van der Waals surface area contributed by atoms with Crippen molar-refractivity contribution >= 4 is 6.03 Å². The minimum absolute atomic E-state index is 0.0236. The number of amides is 2. The molecule has 3 atom stereocenters. The third-order valence-corrected chi connectivity index (χ3v) is 7.29. The number of carbonyl (C=O) groups is 1. The molecule has 33 heavy (non-hydrogen) atoms. The van der Waals surface area contributed by atoms with Crippen molar-refractivity contribution in [1.29, 1.82) is 0 Å². The van der Waals surface area contributed by atoms with Crippen molar-refractivity contribution in [3.05, 3.63) is 35.9 Å². The third kappa shape index (κ3) is 8.58. The third-order valence-electron chi connectivity index (χ3n) is 7.29. The second-order valence-corrected chi connectivity index (χ2v) is 9.80. The summed E-state index contributed by atoms with van der Waals surface area (Å²) in [7, 11) is 3.73. The molecule has 2 N–H and O–H groups in total. The van der Waals surface area contributed by atoms with Crippen molar-refractivity contribution in [2.75, 3.05) is 47.0 Å². The Morgan fingerprint density at radius 1 is 1.18 bits per heavy atom. The summed E-state index contributed by atoms with van der Waals surface area (Å²) in [6.07, 6.45) is 10.9. The number of benzene rings is 1. The van der Waals surface area contributed by atoms with Crippen LogP contribution in [0.15, 0.2) is 30.3 Å². The summed E-state index contributed by atoms with van der Waals surface area (Å²) in [6, 6.07) is 10.9. The Labute approximate surface area is 200 Å². The molecule has 1 saturated heterocycles. The van der Waals surface area contributed by atoms with E-state index < -0.39 is 0 Å². The smallest absolute Gasteiger partial charge is 0.317 e. The van der Waals surface area contributed by atoms with Crippen LogP contribution >= 0.6 is 0 Å². The summed E-state index contributed by atoms with van der Waals surface area (Å²) < 4.78 is 11.5. The first-order valence-electron chi connectivity index (χ1n) is 13.1. The Kier molecular flexibility index (Phi) is 11.5. The van der Waals surface area contributed by atoms with Gasteiger partial charge in [0.05, 0.1) is 12.7 Å². The minimum atomic E-state index is 0.0236. The molecule has 3 rings (SSSR count). The number of methoxy groups -OCH3 is 1. The lowest BCUT2D eigenvalue weighted by Crippen LogP contribution is -2.54. The topological polar surface area (TPSA) is 62.8 Å². The summed E-state index contributed by atoms with van der Waals surface area (Å²) in [6.45, 7) is 3.50. The van der Waals surface area contributed by atoms with Crippen LogP contribution in [0, 0.1) is 5.92 Å². The average Bonchev–Trinajstić information content (AvgIpc) is 2.85. The number of nitrogens with one attached hydrogen (secondary N) is 2. The minimum Gasteiger partial charge on any atom is -0.385 e. The highest BCUT2D eigenvalue weighted by Crippen LogP contribution is 2.30. The predicted octanol–water partition coefficient (Wildman–Crippen LogP) is 4.56. The molecule has 2 unspecified atom stereocenters. The fourth-order valence-electron chi connectivity index (χ4n) is 5.51. The number of ether oxygens (including phenoxy) is 2. The summed E-state index contributed by atoms with van der Waals surface area (Å²) in [5, 5.41) is 6.63. The van der Waals surface area contributed by atoms with Gasteiger partial charge in [0.1, 0.15) is 0 Å². The van der Waals surface area contributed by atoms with Gasteiger partial charge >= 0.3 is 6.03 Å². The van der Waals surface area contributed by atoms with Gasteiger partial charge in [-0.25, -0.2) is 4.79 Å². The number of likely N-dealkylation sites (N-methyl/N-ethyl adjacent to an activating group) is 1. The average molecular weight is 460 g/mol. The van der Waals surface area contributed by atoms with Crippen molar-refractivity contribution < 1.29 is 14.3 Å². The van der Waals surface area contributed by atoms with Gasteiger partial charge in [-0.05, 0) is 37.8 Å². The van der Waals surface area contributed by atoms with E-state index in [9.17, 15) is 4.79 Å². The maximum Gasteiger partial charge on any atom is 0.317 e. The molecule has 6 nitrogen and oxygen atoms in total. The van der Waals surface area contributed by atoms with E-state index in [1.165, 1.54) is 37.7 Å². The van der Waals surface area contributed by atoms with Crippen molar-refractivity contribution in [2.45, 2.75) is 75.9 Å². The van der Waals surface area contributed by atoms with Crippen molar-refractivity contribution in [2.24, 2.45) is 5.92 Å². The van der Waals surface area contributed by atoms with Gasteiger partial charge in [0.25, 0.3) is 0 Å². The number of carbonyl (C=O) groups excluding carboxylic acids is 1. The van der Waals surface area contributed by atoms with Gasteiger partial charge in [-0.15, -0.1) is 0 Å². The molecule has 1 aliphatic carbocycles. The molecule has 0 radical (unpaired) electrons. The van der Waals surface area contributed by atoms with E-state index in [4.69, 9.17) is 9.47 Å². The summed E-state index contributed by atoms with van der Waals surface area (Å²) in [5.41, 5.74) is 1.30. The zero-order chi connectivity index (χ0) is 23.3. The van der Waals surface area contributed by atoms with Crippen LogP contribution in [0.3, 0.4) is 0 Å². The molecule has 1 aliphatic heterocycles. The molecule has 2 aliphatic rings. The van der Waals surface area contributed by atoms with Crippen molar-refractivity contribution in [3.63, 3.8) is 0 Å². The molecule has 1 heterocycles. The van der Waals surface area contributed by atoms with Crippen LogP contribution in [0.1, 0.15) is 69.3 Å². The number of morpholine rings is 1. The van der Waals surface area contributed by atoms with Crippen LogP contribution in [-0.2, 0) is 9.47 Å². The van der Waals surface area contributed by atoms with E-state index in [1.807, 2.05) is 11.9 Å². The van der Waals surface area contributed by atoms with E-state index in [0.717, 1.165) is 44.8 Å². The monoisotopic (exact) mass is 459 g/mol. The van der Waals surface area contributed by atoms with Crippen LogP contribution in [-0.4, -0.2) is 70.1 Å². The maximum atomic E-state index is 13.2. The normalized spacial score (nSPS) is 21.5. The maximum absolute atomic E-state index is 13.2. The van der Waals surface area contributed by atoms with Crippen LogP contribution in [0.25, 0.3) is 0 Å². The van der Waals surface area contributed by atoms with E-state index in [2.05, 4.69) is 41.0 Å². The molecule has 1 aromatic rings. The SMILES string of the molecule is CNC[C@H](CC1CCCCC1)NC(=O)N1CCOC(C(CCCCOC)c2ccccc2)C1. The Morgan fingerprint density at radius 3 is 2.70 bits per heavy atom. The largest absolute Gasteiger partial charge is 0.385 e. The lowest BCUT2D eigenvalue weighted by atomic mass is 9.85. The molecular weight excluding hydrogens is 414 g/mol. The van der Waals surface area contributed by atoms with Gasteiger partial charge in [-0.3, -0.25) is 0 Å². The quantitative estimate of drug-likeness (QED) is 0.450. The fourth-order valence-corrected chi connectivity index (χ4v) is 5.51. The van der Waals surface area contributed by atoms with Crippen LogP contribution in [0.4, 0.5) is 4.79 Å². The van der Waals surface area contributed by atoms with Crippen molar-refractivity contribution in [3.8, 4) is 0 Å². The lowest BCUT2D eigenvalue weighted by Gasteiger charge is -2.38. The van der Waals surface area contributed by atoms with E-state index in [1.54, 1.807) is 7.11 Å². The molecular formula is C27H45N3O3. The highest BCUT2D eigenvalue weighted by Gasteiger charge is 2.32. The first-order chi connectivity index (χ1) is 16.2. The van der Waals surface area contributed by atoms with Crippen LogP contribution < -0.4 is 10.6 Å². The summed E-state index contributed by atoms with van der Waals surface area (Å²) >= 11 is 0. The first kappa shape index (κ1) is 26.0. The predicted molar refractivity (Wildman–Crippen MR) is 134 cm³/mol. The molecule has 0 bridgehead atoms. The molecule has 2 fully saturated rings. The highest BCUT2D eigenvalue weighted by molar-refractivity contribution is 5.74. The van der Waals surface area contributed by atoms with Gasteiger partial charge in [0.2, 0.25) is 0 Å². The zero-order valence-corrected chi connectivity index (χ0v) is 20.8. The number of rotatable bonds is 12. The van der Waals surface area contributed by atoms with E-state index in [0.29, 0.717) is 19.7 Å². The van der Waals surface area contributed by atoms with Crippen molar-refractivity contribution in [1.82, 2.24) is 15.5 Å². The fraction of sp³-hybridized carbons (Fsp3) is 0.741. The van der Waals surface area contributed by atoms with E-state index >= 15 is 0 Å². The molecule has 0 aromatic heterocycles. The second-order valence-electron chi connectivity index (χ2n) is 9.80. The lowest BCUT2D eigenvalue weighted by molar-refractivity contribution is -0.0304. The molecule has 6 heteroatoms. The number of unbranched alkanes of at least 4 members (excludes halogenated alkanes) is 1. The van der Waals surface area contributed by atoms with Gasteiger partial charge < -0.3 is 25.0 Å². The Bertz CT molecular complexity index is 666. The van der Waals surface area contributed by atoms with Crippen LogP contribution in [0.2, 0.25) is 0 Å². The standard InChI is InChI=1S/C27H45N3O3/c1-28-20-24(19-22-11-5-3-6-12-22)29-27(31)30-16-18-33-26(21-30)25(15-9-10-17-32-2)23-13-7-4-8-14-23/h4,7-8,13-14,22,24-26,28H,3,5-6,9-12,15-21H2,1-2H3,(H,29,31)/t24-,25?,26?/m0/s1. The van der Waals surface area contributed by atoms with Gasteiger partial charge in [0.15, 0.2) is 0 Å². The van der Waals surface area contributed by atoms with Crippen LogP contribution in [0.5, 0.6) is 0 Å². The molecule has 0 spiro atoms. The van der Waals surface area contributed by atoms with E-state index in [-0.39, 0.29) is 24.1 Å². The van der Waals surface area contributed by atoms with Gasteiger partial charge in [0, 0.05) is 45.3 Å². The van der Waals surface area contributed by atoms with Gasteiger partial charge in [-0.2, -0.15) is 0 Å². The number of hydrogen-bond acceptors (Lipinski definition) is 4. The number of nitrogens with zero attached hydrogens (tertiary/aromatic N) is 1. The Balaban J connectivity index is 1.59. The molecule has 1 saturated carbocycles. The number of urea groups is 1. The second kappa shape index (κ2) is 14.6. The summed E-state index contributed by atoms with van der Waals surface area (Å²) in [5.74, 6) is 1.03. The first-order valence-corrected chi connectivity index (χ1v) is 13.1.